The number of aromatic amines is 1. The van der Waals surface area contributed by atoms with Crippen molar-refractivity contribution in [1.82, 2.24) is 29.5 Å². The first-order valence-corrected chi connectivity index (χ1v) is 12.2. The Balaban J connectivity index is 1.37. The minimum Gasteiger partial charge on any atom is -0.366 e. The summed E-state index contributed by atoms with van der Waals surface area (Å²) in [5, 5.41) is 3.29. The molecular weight excluding hydrogens is 521 g/mol. The Morgan fingerprint density at radius 3 is 2.40 bits per heavy atom. The third-order valence-electron chi connectivity index (χ3n) is 6.39. The lowest BCUT2D eigenvalue weighted by Crippen LogP contribution is -2.10. The number of para-hydroxylation sites is 2. The van der Waals surface area contributed by atoms with E-state index in [4.69, 9.17) is 15.7 Å². The number of nitrogens with one attached hydrogen (secondary N) is 2. The predicted molar refractivity (Wildman–Crippen MR) is 143 cm³/mol. The number of anilines is 1. The molecule has 9 nitrogen and oxygen atoms in total. The Labute approximate surface area is 224 Å². The second-order valence-corrected chi connectivity index (χ2v) is 9.13. The van der Waals surface area contributed by atoms with Crippen molar-refractivity contribution >= 4 is 33.9 Å². The van der Waals surface area contributed by atoms with Crippen molar-refractivity contribution in [2.45, 2.75) is 19.3 Å². The van der Waals surface area contributed by atoms with Gasteiger partial charge in [-0.2, -0.15) is 13.2 Å². The minimum absolute atomic E-state index is 0.245. The van der Waals surface area contributed by atoms with Crippen LogP contribution in [0.25, 0.3) is 33.6 Å². The van der Waals surface area contributed by atoms with E-state index < -0.39 is 17.6 Å². The lowest BCUT2D eigenvalue weighted by Gasteiger charge is -2.10. The van der Waals surface area contributed by atoms with E-state index in [0.717, 1.165) is 23.2 Å². The molecule has 4 N–H and O–H groups in total. The molecule has 12 heteroatoms. The molecule has 0 radical (unpaired) electrons. The number of rotatable bonds is 7. The third-order valence-corrected chi connectivity index (χ3v) is 6.39. The summed E-state index contributed by atoms with van der Waals surface area (Å²) < 4.78 is 40.8. The second-order valence-electron chi connectivity index (χ2n) is 9.13. The Morgan fingerprint density at radius 2 is 1.70 bits per heavy atom. The fourth-order valence-corrected chi connectivity index (χ4v) is 4.35. The average molecular weight is 543 g/mol. The summed E-state index contributed by atoms with van der Waals surface area (Å²) in [4.78, 5) is 33.3. The molecule has 0 saturated carbocycles. The monoisotopic (exact) mass is 542 g/mol. The maximum atomic E-state index is 13.0. The number of nitrogens with zero attached hydrogens (tertiary/aromatic N) is 5. The molecule has 0 atom stereocenters. The molecule has 0 bridgehead atoms. The molecule has 200 valence electrons. The number of hydrogen-bond acceptors (Lipinski definition) is 6. The molecule has 0 aliphatic heterocycles. The normalized spacial score (nSPS) is 11.8. The second kappa shape index (κ2) is 9.80. The van der Waals surface area contributed by atoms with Crippen molar-refractivity contribution in [2.75, 3.05) is 5.32 Å². The number of halogens is 3. The Hall–Kier alpha value is -5.26. The molecule has 0 aliphatic carbocycles. The third kappa shape index (κ3) is 4.94. The first kappa shape index (κ1) is 25.0. The molecule has 6 rings (SSSR count). The van der Waals surface area contributed by atoms with Crippen molar-refractivity contribution in [3.63, 3.8) is 0 Å². The van der Waals surface area contributed by atoms with Gasteiger partial charge in [-0.25, -0.2) is 19.9 Å². The zero-order valence-corrected chi connectivity index (χ0v) is 20.8. The van der Waals surface area contributed by atoms with Gasteiger partial charge in [-0.3, -0.25) is 4.79 Å². The van der Waals surface area contributed by atoms with E-state index in [1.54, 1.807) is 35.2 Å². The van der Waals surface area contributed by atoms with Crippen LogP contribution >= 0.6 is 0 Å². The van der Waals surface area contributed by atoms with E-state index in [1.165, 1.54) is 12.1 Å². The Bertz CT molecular complexity index is 1810. The number of amides is 1. The van der Waals surface area contributed by atoms with Gasteiger partial charge in [-0.05, 0) is 42.0 Å². The summed E-state index contributed by atoms with van der Waals surface area (Å²) in [5.74, 6) is 0.964. The van der Waals surface area contributed by atoms with Crippen molar-refractivity contribution in [3.8, 4) is 11.4 Å². The molecule has 6 aromatic rings. The van der Waals surface area contributed by atoms with Crippen LogP contribution in [0.5, 0.6) is 0 Å². The van der Waals surface area contributed by atoms with Crippen molar-refractivity contribution in [1.29, 1.82) is 0 Å². The predicted octanol–water partition coefficient (Wildman–Crippen LogP) is 5.15. The molecule has 0 unspecified atom stereocenters. The van der Waals surface area contributed by atoms with E-state index in [2.05, 4.69) is 20.3 Å². The molecule has 3 heterocycles. The van der Waals surface area contributed by atoms with E-state index in [0.29, 0.717) is 51.9 Å². The fourth-order valence-electron chi connectivity index (χ4n) is 4.35. The first-order chi connectivity index (χ1) is 19.2. The lowest BCUT2D eigenvalue weighted by molar-refractivity contribution is -0.137. The van der Waals surface area contributed by atoms with Gasteiger partial charge >= 0.3 is 6.18 Å². The van der Waals surface area contributed by atoms with Gasteiger partial charge in [0.15, 0.2) is 17.3 Å². The highest BCUT2D eigenvalue weighted by Crippen LogP contribution is 2.30. The molecule has 0 saturated heterocycles. The molecule has 3 aromatic heterocycles. The summed E-state index contributed by atoms with van der Waals surface area (Å²) in [6.07, 6.45) is -2.84. The standard InChI is InChI=1S/C28H21F3N8O/c29-28(30,31)19-11-5-16(6-12-19)14-39-15-34-23-26(33-13-22-35-20-3-1-2-4-21(20)36-22)37-25(38-27(23)39)18-9-7-17(8-10-18)24(32)40/h1-12,15H,13-14H2,(H2,32,40)(H,35,36)(H,33,37,38). The van der Waals surface area contributed by atoms with E-state index in [-0.39, 0.29) is 6.54 Å². The van der Waals surface area contributed by atoms with Gasteiger partial charge < -0.3 is 20.6 Å². The largest absolute Gasteiger partial charge is 0.416 e. The van der Waals surface area contributed by atoms with Gasteiger partial charge in [0.05, 0.1) is 36.0 Å². The van der Waals surface area contributed by atoms with Crippen molar-refractivity contribution in [2.24, 2.45) is 5.73 Å². The quantitative estimate of drug-likeness (QED) is 0.256. The van der Waals surface area contributed by atoms with Gasteiger partial charge in [0.1, 0.15) is 11.3 Å². The van der Waals surface area contributed by atoms with Gasteiger partial charge in [-0.15, -0.1) is 0 Å². The first-order valence-electron chi connectivity index (χ1n) is 12.2. The maximum absolute atomic E-state index is 13.0. The maximum Gasteiger partial charge on any atom is 0.416 e. The van der Waals surface area contributed by atoms with E-state index in [9.17, 15) is 18.0 Å². The molecule has 0 spiro atoms. The minimum atomic E-state index is -4.41. The fraction of sp³-hybridized carbons (Fsp3) is 0.107. The summed E-state index contributed by atoms with van der Waals surface area (Å²) >= 11 is 0. The summed E-state index contributed by atoms with van der Waals surface area (Å²) in [6.45, 7) is 0.571. The van der Waals surface area contributed by atoms with Crippen LogP contribution in [0.1, 0.15) is 27.3 Å². The number of benzene rings is 3. The number of hydrogen-bond donors (Lipinski definition) is 3. The molecule has 40 heavy (non-hydrogen) atoms. The van der Waals surface area contributed by atoms with Crippen LogP contribution in [-0.4, -0.2) is 35.4 Å². The summed E-state index contributed by atoms with van der Waals surface area (Å²) in [7, 11) is 0. The molecule has 0 aliphatic rings. The van der Waals surface area contributed by atoms with Crippen LogP contribution in [0.15, 0.2) is 79.1 Å². The molecule has 1 amide bonds. The van der Waals surface area contributed by atoms with Crippen LogP contribution in [0.3, 0.4) is 0 Å². The van der Waals surface area contributed by atoms with Crippen LogP contribution < -0.4 is 11.1 Å². The van der Waals surface area contributed by atoms with E-state index >= 15 is 0 Å². The number of nitrogens with two attached hydrogens (primary N) is 1. The van der Waals surface area contributed by atoms with Gasteiger partial charge in [0.2, 0.25) is 5.91 Å². The molecule has 0 fully saturated rings. The van der Waals surface area contributed by atoms with Gasteiger partial charge in [0.25, 0.3) is 0 Å². The number of fused-ring (bicyclic) bond motifs is 2. The zero-order valence-electron chi connectivity index (χ0n) is 20.8. The molecular formula is C28H21F3N8O. The number of aromatic nitrogens is 6. The van der Waals surface area contributed by atoms with Gasteiger partial charge in [-0.1, -0.05) is 36.4 Å². The number of carbonyl (C=O) groups is 1. The number of primary amides is 1. The smallest absolute Gasteiger partial charge is 0.366 e. The Kier molecular flexibility index (Phi) is 6.14. The van der Waals surface area contributed by atoms with Crippen LogP contribution in [0.2, 0.25) is 0 Å². The van der Waals surface area contributed by atoms with E-state index in [1.807, 2.05) is 24.3 Å². The topological polar surface area (TPSA) is 127 Å². The highest BCUT2D eigenvalue weighted by Gasteiger charge is 2.30. The highest BCUT2D eigenvalue weighted by atomic mass is 19.4. The summed E-state index contributed by atoms with van der Waals surface area (Å²) in [6, 6.07) is 19.2. The number of imidazole rings is 2. The highest BCUT2D eigenvalue weighted by molar-refractivity contribution is 5.93. The van der Waals surface area contributed by atoms with Crippen LogP contribution in [0.4, 0.5) is 19.0 Å². The zero-order chi connectivity index (χ0) is 27.9. The Morgan fingerprint density at radius 1 is 0.950 bits per heavy atom. The van der Waals surface area contributed by atoms with Crippen molar-refractivity contribution in [3.05, 3.63) is 102 Å². The SMILES string of the molecule is NC(=O)c1ccc(-c2nc(NCc3nc4ccccc4[nH]3)c3ncn(Cc4ccc(C(F)(F)F)cc4)c3n2)cc1. The molecule has 3 aromatic carbocycles. The van der Waals surface area contributed by atoms with Gasteiger partial charge in [0, 0.05) is 11.1 Å². The number of alkyl halides is 3. The number of H-pyrrole nitrogens is 1. The lowest BCUT2D eigenvalue weighted by atomic mass is 10.1. The van der Waals surface area contributed by atoms with Crippen LogP contribution in [0, 0.1) is 0 Å². The summed E-state index contributed by atoms with van der Waals surface area (Å²) in [5.41, 5.74) is 9.00. The van der Waals surface area contributed by atoms with Crippen molar-refractivity contribution < 1.29 is 18.0 Å². The average Bonchev–Trinajstić information content (AvgIpc) is 3.55. The van der Waals surface area contributed by atoms with Crippen LogP contribution in [-0.2, 0) is 19.3 Å². The number of carbonyl (C=O) groups excluding carboxylic acids is 1.